The number of hydrogen-bond acceptors (Lipinski definition) is 2. The lowest BCUT2D eigenvalue weighted by molar-refractivity contribution is -0.117. The number of hydrogen-bond donors (Lipinski definition) is 3. The molecule has 0 atom stereocenters. The van der Waals surface area contributed by atoms with Crippen LogP contribution in [0, 0.1) is 0 Å². The molecular weight excluding hydrogens is 313 g/mol. The number of aromatic nitrogens is 1. The molecule has 0 saturated heterocycles. The van der Waals surface area contributed by atoms with E-state index >= 15 is 0 Å². The first-order chi connectivity index (χ1) is 10.1. The highest BCUT2D eigenvalue weighted by Gasteiger charge is 2.06. The summed E-state index contributed by atoms with van der Waals surface area (Å²) in [5.74, 6) is -0.924. The molecule has 5 nitrogen and oxygen atoms in total. The van der Waals surface area contributed by atoms with Crippen LogP contribution in [-0.2, 0) is 4.79 Å². The Morgan fingerprint density at radius 2 is 1.95 bits per heavy atom. The summed E-state index contributed by atoms with van der Waals surface area (Å²) in [7, 11) is 0. The fraction of sp³-hybridized carbons (Fsp3) is 0. The standard InChI is InChI=1S/C14H11Cl2N3O2/c15-10-5-3-9(11(16)8-10)4-6-13(20)18-19-14(21)12-2-1-7-17-12/h1-8,17H,(H,18,20)(H,19,21)/b6-4+. The minimum absolute atomic E-state index is 0.347. The molecule has 0 unspecified atom stereocenters. The van der Waals surface area contributed by atoms with Crippen molar-refractivity contribution in [2.45, 2.75) is 0 Å². The number of H-pyrrole nitrogens is 1. The van der Waals surface area contributed by atoms with E-state index in [4.69, 9.17) is 23.2 Å². The van der Waals surface area contributed by atoms with Crippen LogP contribution in [0.2, 0.25) is 10.0 Å². The molecule has 0 aliphatic rings. The number of amides is 2. The van der Waals surface area contributed by atoms with E-state index in [2.05, 4.69) is 15.8 Å². The van der Waals surface area contributed by atoms with E-state index in [0.29, 0.717) is 21.3 Å². The molecule has 3 N–H and O–H groups in total. The lowest BCUT2D eigenvalue weighted by Crippen LogP contribution is -2.40. The first-order valence-corrected chi connectivity index (χ1v) is 6.68. The monoisotopic (exact) mass is 323 g/mol. The highest BCUT2D eigenvalue weighted by molar-refractivity contribution is 6.35. The number of rotatable bonds is 3. The van der Waals surface area contributed by atoms with Crippen molar-refractivity contribution in [3.8, 4) is 0 Å². The van der Waals surface area contributed by atoms with E-state index in [9.17, 15) is 9.59 Å². The normalized spacial score (nSPS) is 10.6. The van der Waals surface area contributed by atoms with Gasteiger partial charge in [0, 0.05) is 22.3 Å². The van der Waals surface area contributed by atoms with Crippen LogP contribution in [0.4, 0.5) is 0 Å². The highest BCUT2D eigenvalue weighted by atomic mass is 35.5. The molecule has 1 aromatic heterocycles. The van der Waals surface area contributed by atoms with Gasteiger partial charge < -0.3 is 4.98 Å². The Hall–Kier alpha value is -2.24. The van der Waals surface area contributed by atoms with Crippen molar-refractivity contribution in [3.63, 3.8) is 0 Å². The molecule has 0 fully saturated rings. The molecule has 2 amide bonds. The van der Waals surface area contributed by atoms with Gasteiger partial charge in [0.15, 0.2) is 0 Å². The van der Waals surface area contributed by atoms with Crippen molar-refractivity contribution in [2.75, 3.05) is 0 Å². The Morgan fingerprint density at radius 3 is 2.62 bits per heavy atom. The number of aromatic amines is 1. The molecule has 2 rings (SSSR count). The van der Waals surface area contributed by atoms with Crippen molar-refractivity contribution in [3.05, 3.63) is 63.9 Å². The lowest BCUT2D eigenvalue weighted by atomic mass is 10.2. The summed E-state index contributed by atoms with van der Waals surface area (Å²) in [4.78, 5) is 25.9. The summed E-state index contributed by atoms with van der Waals surface area (Å²) in [6.45, 7) is 0. The number of hydrazine groups is 1. The van der Waals surface area contributed by atoms with E-state index < -0.39 is 11.8 Å². The van der Waals surface area contributed by atoms with Gasteiger partial charge >= 0.3 is 0 Å². The third-order valence-corrected chi connectivity index (χ3v) is 3.08. The Labute approximate surface area is 130 Å². The molecule has 0 aliphatic heterocycles. The number of carbonyl (C=O) groups excluding carboxylic acids is 2. The zero-order valence-corrected chi connectivity index (χ0v) is 12.2. The SMILES string of the molecule is O=C(/C=C/c1ccc(Cl)cc1Cl)NNC(=O)c1ccc[nH]1. The molecule has 0 saturated carbocycles. The lowest BCUT2D eigenvalue weighted by Gasteiger charge is -2.03. The maximum atomic E-state index is 11.6. The summed E-state index contributed by atoms with van der Waals surface area (Å²) in [5.41, 5.74) is 5.52. The molecule has 0 bridgehead atoms. The topological polar surface area (TPSA) is 74.0 Å². The summed E-state index contributed by atoms with van der Waals surface area (Å²) in [6, 6.07) is 8.20. The summed E-state index contributed by atoms with van der Waals surface area (Å²) in [6.07, 6.45) is 4.39. The van der Waals surface area contributed by atoms with Gasteiger partial charge in [-0.2, -0.15) is 0 Å². The number of benzene rings is 1. The van der Waals surface area contributed by atoms with Crippen LogP contribution in [0.5, 0.6) is 0 Å². The molecule has 21 heavy (non-hydrogen) atoms. The minimum atomic E-state index is -0.485. The Bertz CT molecular complexity index is 682. The Balaban J connectivity index is 1.89. The maximum absolute atomic E-state index is 11.6. The Morgan fingerprint density at radius 1 is 1.14 bits per heavy atom. The smallest absolute Gasteiger partial charge is 0.286 e. The molecule has 0 spiro atoms. The molecular formula is C14H11Cl2N3O2. The first kappa shape index (κ1) is 15.2. The summed E-state index contributed by atoms with van der Waals surface area (Å²) < 4.78 is 0. The van der Waals surface area contributed by atoms with Crippen molar-refractivity contribution < 1.29 is 9.59 Å². The largest absolute Gasteiger partial charge is 0.357 e. The second-order valence-corrected chi connectivity index (χ2v) is 4.87. The number of halogens is 2. The van der Waals surface area contributed by atoms with Crippen LogP contribution in [0.15, 0.2) is 42.6 Å². The third-order valence-electron chi connectivity index (χ3n) is 2.52. The molecule has 1 aromatic carbocycles. The van der Waals surface area contributed by atoms with E-state index in [1.807, 2.05) is 0 Å². The minimum Gasteiger partial charge on any atom is -0.357 e. The second-order valence-electron chi connectivity index (χ2n) is 4.03. The zero-order valence-electron chi connectivity index (χ0n) is 10.7. The maximum Gasteiger partial charge on any atom is 0.286 e. The van der Waals surface area contributed by atoms with Gasteiger partial charge in [0.2, 0.25) is 0 Å². The van der Waals surface area contributed by atoms with Crippen molar-refractivity contribution >= 4 is 41.1 Å². The summed E-state index contributed by atoms with van der Waals surface area (Å²) >= 11 is 11.7. The van der Waals surface area contributed by atoms with Gasteiger partial charge in [-0.25, -0.2) is 0 Å². The molecule has 7 heteroatoms. The first-order valence-electron chi connectivity index (χ1n) is 5.93. The van der Waals surface area contributed by atoms with Crippen LogP contribution in [0.3, 0.4) is 0 Å². The fourth-order valence-corrected chi connectivity index (χ4v) is 1.97. The van der Waals surface area contributed by atoms with E-state index in [1.54, 1.807) is 36.5 Å². The quantitative estimate of drug-likeness (QED) is 0.600. The van der Waals surface area contributed by atoms with Gasteiger partial charge in [0.1, 0.15) is 5.69 Å². The molecule has 2 aromatic rings. The van der Waals surface area contributed by atoms with Gasteiger partial charge in [-0.05, 0) is 35.9 Å². The summed E-state index contributed by atoms with van der Waals surface area (Å²) in [5, 5.41) is 0.946. The van der Waals surface area contributed by atoms with E-state index in [0.717, 1.165) is 0 Å². The molecule has 108 valence electrons. The Kier molecular flexibility index (Phi) is 5.03. The third kappa shape index (κ3) is 4.37. The van der Waals surface area contributed by atoms with Crippen LogP contribution in [0.1, 0.15) is 16.1 Å². The van der Waals surface area contributed by atoms with E-state index in [1.165, 1.54) is 12.2 Å². The average molecular weight is 324 g/mol. The molecule has 0 radical (unpaired) electrons. The average Bonchev–Trinajstić information content (AvgIpc) is 2.98. The van der Waals surface area contributed by atoms with Gasteiger partial charge in [-0.3, -0.25) is 20.4 Å². The predicted molar refractivity (Wildman–Crippen MR) is 81.9 cm³/mol. The zero-order chi connectivity index (χ0) is 15.2. The molecule has 1 heterocycles. The van der Waals surface area contributed by atoms with Gasteiger partial charge in [0.25, 0.3) is 11.8 Å². The fourth-order valence-electron chi connectivity index (χ4n) is 1.50. The van der Waals surface area contributed by atoms with Gasteiger partial charge in [-0.1, -0.05) is 29.3 Å². The number of carbonyl (C=O) groups is 2. The van der Waals surface area contributed by atoms with Crippen LogP contribution < -0.4 is 10.9 Å². The van der Waals surface area contributed by atoms with E-state index in [-0.39, 0.29) is 0 Å². The van der Waals surface area contributed by atoms with Crippen LogP contribution in [0.25, 0.3) is 6.08 Å². The van der Waals surface area contributed by atoms with Crippen LogP contribution in [-0.4, -0.2) is 16.8 Å². The van der Waals surface area contributed by atoms with Crippen molar-refractivity contribution in [2.24, 2.45) is 0 Å². The highest BCUT2D eigenvalue weighted by Crippen LogP contribution is 2.21. The van der Waals surface area contributed by atoms with Crippen molar-refractivity contribution in [1.82, 2.24) is 15.8 Å². The van der Waals surface area contributed by atoms with Crippen LogP contribution >= 0.6 is 23.2 Å². The van der Waals surface area contributed by atoms with Crippen molar-refractivity contribution in [1.29, 1.82) is 0 Å². The predicted octanol–water partition coefficient (Wildman–Crippen LogP) is 2.80. The molecule has 0 aliphatic carbocycles. The van der Waals surface area contributed by atoms with Gasteiger partial charge in [0.05, 0.1) is 0 Å². The second kappa shape index (κ2) is 6.97. The van der Waals surface area contributed by atoms with Gasteiger partial charge in [-0.15, -0.1) is 0 Å². The number of nitrogens with one attached hydrogen (secondary N) is 3.